The Kier molecular flexibility index (Phi) is 5.15. The summed E-state index contributed by atoms with van der Waals surface area (Å²) < 4.78 is 12.6. The molecule has 0 amide bonds. The Labute approximate surface area is 99.6 Å². The van der Waals surface area contributed by atoms with Gasteiger partial charge >= 0.3 is 0 Å². The number of hydrogen-bond acceptors (Lipinski definition) is 2. The molecule has 1 aromatic rings. The SMILES string of the molecule is Cl.Fc1ccc(SC2=CCNCC2)cc1. The van der Waals surface area contributed by atoms with E-state index in [1.165, 1.54) is 17.0 Å². The van der Waals surface area contributed by atoms with Crippen LogP contribution in [0.15, 0.2) is 40.1 Å². The molecule has 1 N–H and O–H groups in total. The van der Waals surface area contributed by atoms with Crippen molar-refractivity contribution in [2.45, 2.75) is 11.3 Å². The quantitative estimate of drug-likeness (QED) is 0.859. The second-order valence-electron chi connectivity index (χ2n) is 3.18. The van der Waals surface area contributed by atoms with E-state index in [0.29, 0.717) is 0 Å². The number of halogens is 2. The molecule has 1 nitrogen and oxygen atoms in total. The summed E-state index contributed by atoms with van der Waals surface area (Å²) in [4.78, 5) is 2.48. The summed E-state index contributed by atoms with van der Waals surface area (Å²) in [5.41, 5.74) is 0. The summed E-state index contributed by atoms with van der Waals surface area (Å²) in [6, 6.07) is 6.65. The molecule has 0 radical (unpaired) electrons. The molecule has 15 heavy (non-hydrogen) atoms. The highest BCUT2D eigenvalue weighted by Crippen LogP contribution is 2.29. The molecule has 0 aromatic heterocycles. The molecule has 0 saturated heterocycles. The van der Waals surface area contributed by atoms with E-state index in [1.54, 1.807) is 11.8 Å². The van der Waals surface area contributed by atoms with Crippen molar-refractivity contribution in [3.05, 3.63) is 41.1 Å². The molecule has 0 atom stereocenters. The first kappa shape index (κ1) is 12.6. The van der Waals surface area contributed by atoms with Crippen molar-refractivity contribution in [1.29, 1.82) is 0 Å². The maximum absolute atomic E-state index is 12.6. The number of thioether (sulfide) groups is 1. The largest absolute Gasteiger partial charge is 0.313 e. The normalized spacial score (nSPS) is 15.4. The Balaban J connectivity index is 0.00000112. The molecule has 0 bridgehead atoms. The van der Waals surface area contributed by atoms with E-state index in [2.05, 4.69) is 11.4 Å². The topological polar surface area (TPSA) is 12.0 Å². The third-order valence-electron chi connectivity index (χ3n) is 2.08. The number of hydrogen-bond donors (Lipinski definition) is 1. The van der Waals surface area contributed by atoms with Crippen molar-refractivity contribution >= 4 is 24.2 Å². The number of benzene rings is 1. The van der Waals surface area contributed by atoms with E-state index in [0.717, 1.165) is 24.4 Å². The van der Waals surface area contributed by atoms with E-state index in [4.69, 9.17) is 0 Å². The summed E-state index contributed by atoms with van der Waals surface area (Å²) >= 11 is 1.73. The summed E-state index contributed by atoms with van der Waals surface area (Å²) in [6.07, 6.45) is 3.26. The van der Waals surface area contributed by atoms with Crippen LogP contribution in [0.4, 0.5) is 4.39 Å². The average molecular weight is 246 g/mol. The van der Waals surface area contributed by atoms with Gasteiger partial charge in [0.05, 0.1) is 0 Å². The zero-order valence-electron chi connectivity index (χ0n) is 8.20. The minimum atomic E-state index is -0.173. The van der Waals surface area contributed by atoms with Gasteiger partial charge in [-0.05, 0) is 42.1 Å². The molecule has 0 unspecified atom stereocenters. The Bertz CT molecular complexity index is 337. The Morgan fingerprint density at radius 3 is 2.53 bits per heavy atom. The highest BCUT2D eigenvalue weighted by molar-refractivity contribution is 8.03. The second kappa shape index (κ2) is 6.16. The Hall–Kier alpha value is -0.510. The molecule has 2 rings (SSSR count). The second-order valence-corrected chi connectivity index (χ2v) is 4.38. The van der Waals surface area contributed by atoms with E-state index in [-0.39, 0.29) is 18.2 Å². The molecule has 82 valence electrons. The van der Waals surface area contributed by atoms with Gasteiger partial charge < -0.3 is 5.32 Å². The first-order chi connectivity index (χ1) is 6.84. The van der Waals surface area contributed by atoms with Crippen LogP contribution < -0.4 is 5.32 Å². The van der Waals surface area contributed by atoms with Crippen LogP contribution in [0, 0.1) is 5.82 Å². The van der Waals surface area contributed by atoms with Crippen LogP contribution >= 0.6 is 24.2 Å². The third-order valence-corrected chi connectivity index (χ3v) is 3.23. The Morgan fingerprint density at radius 1 is 1.20 bits per heavy atom. The van der Waals surface area contributed by atoms with Crippen molar-refractivity contribution in [2.75, 3.05) is 13.1 Å². The van der Waals surface area contributed by atoms with Gasteiger partial charge in [0, 0.05) is 11.4 Å². The van der Waals surface area contributed by atoms with Crippen LogP contribution in [0.3, 0.4) is 0 Å². The van der Waals surface area contributed by atoms with Crippen molar-refractivity contribution in [3.8, 4) is 0 Å². The van der Waals surface area contributed by atoms with Crippen LogP contribution in [-0.4, -0.2) is 13.1 Å². The fourth-order valence-electron chi connectivity index (χ4n) is 1.35. The molecule has 1 aromatic carbocycles. The molecular weight excluding hydrogens is 233 g/mol. The highest BCUT2D eigenvalue weighted by Gasteiger charge is 2.04. The molecule has 0 spiro atoms. The van der Waals surface area contributed by atoms with Crippen LogP contribution in [0.1, 0.15) is 6.42 Å². The van der Waals surface area contributed by atoms with E-state index >= 15 is 0 Å². The van der Waals surface area contributed by atoms with Crippen molar-refractivity contribution < 1.29 is 4.39 Å². The third kappa shape index (κ3) is 3.86. The molecule has 0 aliphatic carbocycles. The fraction of sp³-hybridized carbons (Fsp3) is 0.273. The minimum Gasteiger partial charge on any atom is -0.313 e. The standard InChI is InChI=1S/C11H12FNS.ClH/c12-9-1-3-10(4-2-9)14-11-5-7-13-8-6-11;/h1-5,13H,6-8H2;1H. The lowest BCUT2D eigenvalue weighted by Crippen LogP contribution is -2.19. The highest BCUT2D eigenvalue weighted by atomic mass is 35.5. The molecular formula is C11H13ClFNS. The van der Waals surface area contributed by atoms with Crippen molar-refractivity contribution in [2.24, 2.45) is 0 Å². The van der Waals surface area contributed by atoms with Gasteiger partial charge in [0.1, 0.15) is 5.82 Å². The van der Waals surface area contributed by atoms with Gasteiger partial charge in [0.25, 0.3) is 0 Å². The summed E-state index contributed by atoms with van der Waals surface area (Å²) in [5, 5.41) is 3.26. The van der Waals surface area contributed by atoms with Gasteiger partial charge in [-0.1, -0.05) is 17.8 Å². The van der Waals surface area contributed by atoms with E-state index in [9.17, 15) is 4.39 Å². The molecule has 4 heteroatoms. The lowest BCUT2D eigenvalue weighted by atomic mass is 10.3. The predicted octanol–water partition coefficient (Wildman–Crippen LogP) is 3.22. The van der Waals surface area contributed by atoms with Crippen LogP contribution in [0.2, 0.25) is 0 Å². The smallest absolute Gasteiger partial charge is 0.123 e. The molecule has 1 heterocycles. The first-order valence-corrected chi connectivity index (χ1v) is 5.49. The lowest BCUT2D eigenvalue weighted by molar-refractivity contribution is 0.626. The summed E-state index contributed by atoms with van der Waals surface area (Å²) in [7, 11) is 0. The van der Waals surface area contributed by atoms with E-state index in [1.807, 2.05) is 12.1 Å². The monoisotopic (exact) mass is 245 g/mol. The van der Waals surface area contributed by atoms with Gasteiger partial charge in [-0.2, -0.15) is 0 Å². The predicted molar refractivity (Wildman–Crippen MR) is 65.1 cm³/mol. The maximum atomic E-state index is 12.6. The van der Waals surface area contributed by atoms with Crippen LogP contribution in [-0.2, 0) is 0 Å². The van der Waals surface area contributed by atoms with Gasteiger partial charge in [-0.25, -0.2) is 4.39 Å². The maximum Gasteiger partial charge on any atom is 0.123 e. The molecule has 1 aliphatic rings. The average Bonchev–Trinajstić information content (AvgIpc) is 2.23. The van der Waals surface area contributed by atoms with E-state index < -0.39 is 0 Å². The minimum absolute atomic E-state index is 0. The first-order valence-electron chi connectivity index (χ1n) is 4.68. The van der Waals surface area contributed by atoms with Gasteiger partial charge in [0.2, 0.25) is 0 Å². The molecule has 0 fully saturated rings. The fourth-order valence-corrected chi connectivity index (χ4v) is 2.29. The Morgan fingerprint density at radius 2 is 1.93 bits per heavy atom. The zero-order valence-corrected chi connectivity index (χ0v) is 9.84. The molecule has 0 saturated carbocycles. The van der Waals surface area contributed by atoms with Crippen LogP contribution in [0.5, 0.6) is 0 Å². The lowest BCUT2D eigenvalue weighted by Gasteiger charge is -2.13. The zero-order chi connectivity index (χ0) is 9.80. The van der Waals surface area contributed by atoms with Crippen molar-refractivity contribution in [3.63, 3.8) is 0 Å². The van der Waals surface area contributed by atoms with Gasteiger partial charge in [0.15, 0.2) is 0 Å². The summed E-state index contributed by atoms with van der Waals surface area (Å²) in [6.45, 7) is 1.99. The van der Waals surface area contributed by atoms with Gasteiger partial charge in [-0.15, -0.1) is 12.4 Å². The van der Waals surface area contributed by atoms with Gasteiger partial charge in [-0.3, -0.25) is 0 Å². The number of rotatable bonds is 2. The summed E-state index contributed by atoms with van der Waals surface area (Å²) in [5.74, 6) is -0.173. The van der Waals surface area contributed by atoms with Crippen molar-refractivity contribution in [1.82, 2.24) is 5.32 Å². The number of nitrogens with one attached hydrogen (secondary N) is 1. The van der Waals surface area contributed by atoms with Crippen LogP contribution in [0.25, 0.3) is 0 Å². The molecule has 1 aliphatic heterocycles.